The molecule has 0 aromatic heterocycles. The van der Waals surface area contributed by atoms with Gasteiger partial charge in [0.15, 0.2) is 11.3 Å². The van der Waals surface area contributed by atoms with Crippen molar-refractivity contribution in [1.82, 2.24) is 0 Å². The van der Waals surface area contributed by atoms with Crippen molar-refractivity contribution in [2.24, 2.45) is 10.2 Å². The third-order valence-electron chi connectivity index (χ3n) is 4.48. The summed E-state index contributed by atoms with van der Waals surface area (Å²) in [6.45, 7) is 0.557. The maximum Gasteiger partial charge on any atom is 0.193 e. The van der Waals surface area contributed by atoms with Gasteiger partial charge < -0.3 is 0 Å². The van der Waals surface area contributed by atoms with Crippen molar-refractivity contribution in [3.8, 4) is 0 Å². The molecule has 2 aromatic rings. The fourth-order valence-corrected chi connectivity index (χ4v) is 3.53. The first-order valence-electron chi connectivity index (χ1n) is 6.97. The van der Waals surface area contributed by atoms with Gasteiger partial charge in [-0.25, -0.2) is 0 Å². The van der Waals surface area contributed by atoms with Crippen LogP contribution in [0.1, 0.15) is 27.4 Å². The van der Waals surface area contributed by atoms with Crippen molar-refractivity contribution in [1.29, 1.82) is 0 Å². The van der Waals surface area contributed by atoms with Gasteiger partial charge in [-0.3, -0.25) is 4.79 Å². The molecule has 2 atom stereocenters. The van der Waals surface area contributed by atoms with E-state index in [2.05, 4.69) is 10.2 Å². The number of benzene rings is 2. The SMILES string of the molecule is O=C1c2ccccc2CC12N=NCC2c1ccc(Cl)cc1. The molecule has 2 aliphatic rings. The Morgan fingerprint density at radius 3 is 2.62 bits per heavy atom. The molecule has 2 unspecified atom stereocenters. The molecule has 0 saturated heterocycles. The first kappa shape index (κ1) is 12.7. The van der Waals surface area contributed by atoms with Gasteiger partial charge in [-0.15, -0.1) is 0 Å². The molecule has 1 aliphatic heterocycles. The van der Waals surface area contributed by atoms with E-state index in [0.717, 1.165) is 16.7 Å². The van der Waals surface area contributed by atoms with Gasteiger partial charge in [0.1, 0.15) is 0 Å². The van der Waals surface area contributed by atoms with Crippen LogP contribution in [-0.4, -0.2) is 17.9 Å². The van der Waals surface area contributed by atoms with Gasteiger partial charge >= 0.3 is 0 Å². The number of azo groups is 1. The Bertz CT molecular complexity index is 754. The molecule has 0 bridgehead atoms. The summed E-state index contributed by atoms with van der Waals surface area (Å²) in [5, 5.41) is 9.28. The number of ketones is 1. The third-order valence-corrected chi connectivity index (χ3v) is 4.73. The Balaban J connectivity index is 1.79. The lowest BCUT2D eigenvalue weighted by Gasteiger charge is -2.25. The normalized spacial score (nSPS) is 26.5. The summed E-state index contributed by atoms with van der Waals surface area (Å²) in [6.07, 6.45) is 0.638. The van der Waals surface area contributed by atoms with Crippen LogP contribution in [0.25, 0.3) is 0 Å². The smallest absolute Gasteiger partial charge is 0.193 e. The summed E-state index contributed by atoms with van der Waals surface area (Å²) < 4.78 is 0. The minimum Gasteiger partial charge on any atom is -0.291 e. The summed E-state index contributed by atoms with van der Waals surface area (Å²) in [7, 11) is 0. The molecular formula is C17H13ClN2O. The first-order chi connectivity index (χ1) is 10.2. The summed E-state index contributed by atoms with van der Waals surface area (Å²) in [6, 6.07) is 15.4. The zero-order valence-electron chi connectivity index (χ0n) is 11.3. The molecule has 1 aliphatic carbocycles. The highest BCUT2D eigenvalue weighted by Crippen LogP contribution is 2.46. The molecule has 3 nitrogen and oxygen atoms in total. The van der Waals surface area contributed by atoms with Crippen LogP contribution < -0.4 is 0 Å². The highest BCUT2D eigenvalue weighted by Gasteiger charge is 2.54. The summed E-state index contributed by atoms with van der Waals surface area (Å²) >= 11 is 5.96. The maximum atomic E-state index is 12.9. The van der Waals surface area contributed by atoms with E-state index in [4.69, 9.17) is 11.6 Å². The number of hydrogen-bond donors (Lipinski definition) is 0. The van der Waals surface area contributed by atoms with Gasteiger partial charge in [0.05, 0.1) is 6.54 Å². The number of fused-ring (bicyclic) bond motifs is 1. The van der Waals surface area contributed by atoms with Crippen LogP contribution in [0.2, 0.25) is 5.02 Å². The highest BCUT2D eigenvalue weighted by molar-refractivity contribution is 6.30. The summed E-state index contributed by atoms with van der Waals surface area (Å²) in [5.41, 5.74) is 2.18. The minimum atomic E-state index is -0.752. The average molecular weight is 297 g/mol. The van der Waals surface area contributed by atoms with Crippen LogP contribution in [0.4, 0.5) is 0 Å². The van der Waals surface area contributed by atoms with E-state index >= 15 is 0 Å². The fraction of sp³-hybridized carbons (Fsp3) is 0.235. The van der Waals surface area contributed by atoms with Crippen molar-refractivity contribution in [2.75, 3.05) is 6.54 Å². The molecule has 0 saturated carbocycles. The predicted molar refractivity (Wildman–Crippen MR) is 81.1 cm³/mol. The van der Waals surface area contributed by atoms with E-state index in [1.54, 1.807) is 0 Å². The Hall–Kier alpha value is -2.00. The largest absolute Gasteiger partial charge is 0.291 e. The topological polar surface area (TPSA) is 41.8 Å². The maximum absolute atomic E-state index is 12.9. The lowest BCUT2D eigenvalue weighted by atomic mass is 9.78. The lowest BCUT2D eigenvalue weighted by molar-refractivity contribution is 0.0897. The van der Waals surface area contributed by atoms with Crippen LogP contribution in [0.3, 0.4) is 0 Å². The second-order valence-electron chi connectivity index (χ2n) is 5.62. The average Bonchev–Trinajstić information content (AvgIpc) is 3.04. The highest BCUT2D eigenvalue weighted by atomic mass is 35.5. The van der Waals surface area contributed by atoms with E-state index in [1.165, 1.54) is 0 Å². The minimum absolute atomic E-state index is 0.00494. The second-order valence-corrected chi connectivity index (χ2v) is 6.05. The molecule has 0 radical (unpaired) electrons. The number of hydrogen-bond acceptors (Lipinski definition) is 3. The molecule has 2 aromatic carbocycles. The Labute approximate surface area is 127 Å². The quantitative estimate of drug-likeness (QED) is 0.782. The second kappa shape index (κ2) is 4.50. The predicted octanol–water partition coefficient (Wildman–Crippen LogP) is 4.07. The zero-order valence-corrected chi connectivity index (χ0v) is 12.0. The lowest BCUT2D eigenvalue weighted by Crippen LogP contribution is -2.38. The van der Waals surface area contributed by atoms with Crippen LogP contribution in [0.5, 0.6) is 0 Å². The number of carbonyl (C=O) groups excluding carboxylic acids is 1. The van der Waals surface area contributed by atoms with Gasteiger partial charge in [0, 0.05) is 22.9 Å². The van der Waals surface area contributed by atoms with Gasteiger partial charge in [-0.05, 0) is 23.3 Å². The molecule has 21 heavy (non-hydrogen) atoms. The molecule has 104 valence electrons. The standard InChI is InChI=1S/C17H13ClN2O/c18-13-7-5-11(6-8-13)15-10-19-20-17(15)9-12-3-1-2-4-14(12)16(17)21/h1-8,15H,9-10H2. The van der Waals surface area contributed by atoms with Gasteiger partial charge in [0.25, 0.3) is 0 Å². The molecule has 4 heteroatoms. The van der Waals surface area contributed by atoms with Crippen LogP contribution >= 0.6 is 11.6 Å². The van der Waals surface area contributed by atoms with Gasteiger partial charge in [0.2, 0.25) is 0 Å². The third kappa shape index (κ3) is 1.77. The van der Waals surface area contributed by atoms with E-state index in [1.807, 2.05) is 48.5 Å². The number of rotatable bonds is 1. The van der Waals surface area contributed by atoms with E-state index in [-0.39, 0.29) is 11.7 Å². The van der Waals surface area contributed by atoms with Crippen molar-refractivity contribution < 1.29 is 4.79 Å². The molecule has 0 fully saturated rings. The van der Waals surface area contributed by atoms with Crippen LogP contribution in [0.15, 0.2) is 58.8 Å². The van der Waals surface area contributed by atoms with Crippen LogP contribution in [-0.2, 0) is 6.42 Å². The number of halogens is 1. The van der Waals surface area contributed by atoms with Crippen LogP contribution in [0, 0.1) is 0 Å². The summed E-state index contributed by atoms with van der Waals surface area (Å²) in [4.78, 5) is 12.9. The van der Waals surface area contributed by atoms with Crippen molar-refractivity contribution in [3.63, 3.8) is 0 Å². The zero-order chi connectivity index (χ0) is 14.4. The Kier molecular flexibility index (Phi) is 2.73. The summed E-state index contributed by atoms with van der Waals surface area (Å²) in [5.74, 6) is 0.0916. The number of nitrogens with zero attached hydrogens (tertiary/aromatic N) is 2. The van der Waals surface area contributed by atoms with Crippen molar-refractivity contribution in [3.05, 3.63) is 70.2 Å². The number of Topliss-reactive ketones (excluding diaryl/α,β-unsaturated/α-hetero) is 1. The number of carbonyl (C=O) groups is 1. The van der Waals surface area contributed by atoms with E-state index in [0.29, 0.717) is 18.0 Å². The monoisotopic (exact) mass is 296 g/mol. The Morgan fingerprint density at radius 2 is 1.86 bits per heavy atom. The van der Waals surface area contributed by atoms with Crippen molar-refractivity contribution in [2.45, 2.75) is 17.9 Å². The van der Waals surface area contributed by atoms with Gasteiger partial charge in [-0.1, -0.05) is 48.0 Å². The fourth-order valence-electron chi connectivity index (χ4n) is 3.41. The molecule has 4 rings (SSSR count). The van der Waals surface area contributed by atoms with Gasteiger partial charge in [-0.2, -0.15) is 10.2 Å². The Morgan fingerprint density at radius 1 is 1.10 bits per heavy atom. The van der Waals surface area contributed by atoms with Crippen molar-refractivity contribution >= 4 is 17.4 Å². The molecule has 0 amide bonds. The van der Waals surface area contributed by atoms with E-state index < -0.39 is 5.54 Å². The first-order valence-corrected chi connectivity index (χ1v) is 7.35. The van der Waals surface area contributed by atoms with E-state index in [9.17, 15) is 4.79 Å². The molecule has 1 heterocycles. The molecule has 0 N–H and O–H groups in total. The molecular weight excluding hydrogens is 284 g/mol. The molecule has 1 spiro atoms.